The Bertz CT molecular complexity index is 846. The molecule has 0 amide bonds. The first kappa shape index (κ1) is 22.9. The highest BCUT2D eigenvalue weighted by molar-refractivity contribution is 5.80. The van der Waals surface area contributed by atoms with Crippen molar-refractivity contribution < 1.29 is 19.1 Å². The quantitative estimate of drug-likeness (QED) is 0.457. The van der Waals surface area contributed by atoms with Crippen molar-refractivity contribution in [3.8, 4) is 11.5 Å². The van der Waals surface area contributed by atoms with Gasteiger partial charge in [-0.25, -0.2) is 4.99 Å². The number of nitrogens with zero attached hydrogens (tertiary/aromatic N) is 4. The van der Waals surface area contributed by atoms with Crippen LogP contribution in [-0.4, -0.2) is 79.1 Å². The van der Waals surface area contributed by atoms with Crippen molar-refractivity contribution in [1.29, 1.82) is 0 Å². The summed E-state index contributed by atoms with van der Waals surface area (Å²) in [7, 11) is 1.61. The molecular weight excluding hydrogens is 398 g/mol. The maximum absolute atomic E-state index is 8.95. The molecule has 31 heavy (non-hydrogen) atoms. The molecule has 2 heterocycles. The number of ether oxygens (including phenoxy) is 2. The highest BCUT2D eigenvalue weighted by Crippen LogP contribution is 2.28. The molecule has 0 bridgehead atoms. The van der Waals surface area contributed by atoms with Crippen LogP contribution in [0.5, 0.6) is 11.5 Å². The first-order valence-corrected chi connectivity index (χ1v) is 10.7. The molecular formula is C22H33N5O4. The van der Waals surface area contributed by atoms with Gasteiger partial charge in [-0.3, -0.25) is 4.90 Å². The van der Waals surface area contributed by atoms with Crippen LogP contribution in [0.3, 0.4) is 0 Å². The lowest BCUT2D eigenvalue weighted by Gasteiger charge is -2.36. The summed E-state index contributed by atoms with van der Waals surface area (Å²) in [5.41, 5.74) is 2.01. The molecule has 2 aromatic rings. The highest BCUT2D eigenvalue weighted by Gasteiger charge is 2.20. The number of rotatable bonds is 9. The van der Waals surface area contributed by atoms with Crippen LogP contribution in [0.15, 0.2) is 33.8 Å². The minimum absolute atomic E-state index is 0.0350. The van der Waals surface area contributed by atoms with Crippen LogP contribution < -0.4 is 14.8 Å². The number of aryl methyl sites for hydroxylation is 1. The summed E-state index contributed by atoms with van der Waals surface area (Å²) in [6.45, 7) is 10.1. The number of benzene rings is 1. The van der Waals surface area contributed by atoms with Gasteiger partial charge in [0.05, 0.1) is 26.0 Å². The molecule has 0 unspecified atom stereocenters. The second-order valence-corrected chi connectivity index (χ2v) is 7.42. The summed E-state index contributed by atoms with van der Waals surface area (Å²) in [5, 5.41) is 16.5. The number of methoxy groups -OCH3 is 1. The molecule has 170 valence electrons. The zero-order chi connectivity index (χ0) is 22.1. The lowest BCUT2D eigenvalue weighted by Crippen LogP contribution is -2.52. The molecule has 1 fully saturated rings. The second kappa shape index (κ2) is 11.6. The third-order valence-electron chi connectivity index (χ3n) is 5.06. The van der Waals surface area contributed by atoms with Crippen LogP contribution in [0.25, 0.3) is 0 Å². The standard InChI is InChI=1S/C22H33N5O4/c1-4-23-22(24-15-18-5-6-20(30-12-11-28)21(14-18)29-3)27-9-7-26(8-10-27)16-19-13-17(2)31-25-19/h5-6,13-14,28H,4,7-12,15-16H2,1-3H3,(H,23,24). The van der Waals surface area contributed by atoms with Crippen molar-refractivity contribution in [2.45, 2.75) is 26.9 Å². The van der Waals surface area contributed by atoms with Crippen molar-refractivity contribution in [3.05, 3.63) is 41.3 Å². The van der Waals surface area contributed by atoms with E-state index in [4.69, 9.17) is 24.1 Å². The number of hydrogen-bond donors (Lipinski definition) is 2. The summed E-state index contributed by atoms with van der Waals surface area (Å²) < 4.78 is 16.1. The van der Waals surface area contributed by atoms with Gasteiger partial charge in [-0.2, -0.15) is 0 Å². The molecule has 1 aliphatic heterocycles. The number of aromatic nitrogens is 1. The summed E-state index contributed by atoms with van der Waals surface area (Å²) in [6, 6.07) is 7.75. The number of hydrogen-bond acceptors (Lipinski definition) is 7. The molecule has 0 atom stereocenters. The third kappa shape index (κ3) is 6.60. The van der Waals surface area contributed by atoms with E-state index in [0.29, 0.717) is 18.0 Å². The fourth-order valence-corrected chi connectivity index (χ4v) is 3.52. The molecule has 9 heteroatoms. The monoisotopic (exact) mass is 431 g/mol. The molecule has 1 aromatic heterocycles. The number of aliphatic imine (C=N–C) groups is 1. The van der Waals surface area contributed by atoms with E-state index in [1.54, 1.807) is 7.11 Å². The largest absolute Gasteiger partial charge is 0.493 e. The lowest BCUT2D eigenvalue weighted by atomic mass is 10.2. The van der Waals surface area contributed by atoms with Crippen LogP contribution in [0.1, 0.15) is 23.9 Å². The topological polar surface area (TPSA) is 95.6 Å². The van der Waals surface area contributed by atoms with Crippen LogP contribution in [-0.2, 0) is 13.1 Å². The van der Waals surface area contributed by atoms with Gasteiger partial charge in [0, 0.05) is 45.3 Å². The first-order chi connectivity index (χ1) is 15.1. The van der Waals surface area contributed by atoms with E-state index >= 15 is 0 Å². The van der Waals surface area contributed by atoms with Gasteiger partial charge in [-0.05, 0) is 31.5 Å². The molecule has 0 spiro atoms. The number of guanidine groups is 1. The molecule has 0 radical (unpaired) electrons. The fourth-order valence-electron chi connectivity index (χ4n) is 3.52. The van der Waals surface area contributed by atoms with Crippen LogP contribution in [0.2, 0.25) is 0 Å². The maximum atomic E-state index is 8.95. The Labute approximate surface area is 183 Å². The van der Waals surface area contributed by atoms with Gasteiger partial charge in [0.25, 0.3) is 0 Å². The molecule has 9 nitrogen and oxygen atoms in total. The number of nitrogens with one attached hydrogen (secondary N) is 1. The van der Waals surface area contributed by atoms with Crippen molar-refractivity contribution in [2.75, 3.05) is 53.0 Å². The average Bonchev–Trinajstić information content (AvgIpc) is 3.20. The van der Waals surface area contributed by atoms with Crippen molar-refractivity contribution in [1.82, 2.24) is 20.3 Å². The summed E-state index contributed by atoms with van der Waals surface area (Å²) >= 11 is 0. The predicted molar refractivity (Wildman–Crippen MR) is 118 cm³/mol. The summed E-state index contributed by atoms with van der Waals surface area (Å²) in [5.74, 6) is 3.02. The summed E-state index contributed by atoms with van der Waals surface area (Å²) in [4.78, 5) is 9.51. The Morgan fingerprint density at radius 2 is 2.03 bits per heavy atom. The zero-order valence-electron chi connectivity index (χ0n) is 18.6. The van der Waals surface area contributed by atoms with Crippen molar-refractivity contribution >= 4 is 5.96 Å². The average molecular weight is 432 g/mol. The van der Waals surface area contributed by atoms with Gasteiger partial charge in [0.15, 0.2) is 17.5 Å². The predicted octanol–water partition coefficient (Wildman–Crippen LogP) is 1.65. The minimum atomic E-state index is -0.0350. The molecule has 0 saturated carbocycles. The van der Waals surface area contributed by atoms with Gasteiger partial charge in [0.2, 0.25) is 0 Å². The smallest absolute Gasteiger partial charge is 0.194 e. The first-order valence-electron chi connectivity index (χ1n) is 10.7. The van der Waals surface area contributed by atoms with Crippen molar-refractivity contribution in [3.63, 3.8) is 0 Å². The van der Waals surface area contributed by atoms with E-state index < -0.39 is 0 Å². The lowest BCUT2D eigenvalue weighted by molar-refractivity contribution is 0.169. The Hall–Kier alpha value is -2.78. The van der Waals surface area contributed by atoms with Gasteiger partial charge < -0.3 is 29.3 Å². The molecule has 3 rings (SSSR count). The van der Waals surface area contributed by atoms with Gasteiger partial charge in [-0.15, -0.1) is 0 Å². The van der Waals surface area contributed by atoms with Crippen molar-refractivity contribution in [2.24, 2.45) is 4.99 Å². The third-order valence-corrected chi connectivity index (χ3v) is 5.06. The van der Waals surface area contributed by atoms with Crippen LogP contribution >= 0.6 is 0 Å². The van der Waals surface area contributed by atoms with E-state index in [1.807, 2.05) is 31.2 Å². The van der Waals surface area contributed by atoms with Gasteiger partial charge >= 0.3 is 0 Å². The highest BCUT2D eigenvalue weighted by atomic mass is 16.5. The van der Waals surface area contributed by atoms with Crippen LogP contribution in [0.4, 0.5) is 0 Å². The van der Waals surface area contributed by atoms with Gasteiger partial charge in [0.1, 0.15) is 12.4 Å². The molecule has 1 saturated heterocycles. The van der Waals surface area contributed by atoms with E-state index in [1.165, 1.54) is 0 Å². The Kier molecular flexibility index (Phi) is 8.54. The van der Waals surface area contributed by atoms with E-state index in [0.717, 1.165) is 62.2 Å². The molecule has 0 aliphatic carbocycles. The molecule has 2 N–H and O–H groups in total. The summed E-state index contributed by atoms with van der Waals surface area (Å²) in [6.07, 6.45) is 0. The van der Waals surface area contributed by atoms with E-state index in [2.05, 4.69) is 27.2 Å². The number of aliphatic hydroxyl groups is 1. The fraction of sp³-hybridized carbons (Fsp3) is 0.545. The Morgan fingerprint density at radius 1 is 1.23 bits per heavy atom. The zero-order valence-corrected chi connectivity index (χ0v) is 18.6. The van der Waals surface area contributed by atoms with E-state index in [-0.39, 0.29) is 13.2 Å². The molecule has 1 aliphatic rings. The maximum Gasteiger partial charge on any atom is 0.194 e. The Morgan fingerprint density at radius 3 is 2.68 bits per heavy atom. The SMILES string of the molecule is CCNC(=NCc1ccc(OCCO)c(OC)c1)N1CCN(Cc2cc(C)on2)CC1. The second-order valence-electron chi connectivity index (χ2n) is 7.42. The van der Waals surface area contributed by atoms with Crippen LogP contribution in [0, 0.1) is 6.92 Å². The van der Waals surface area contributed by atoms with Gasteiger partial charge in [-0.1, -0.05) is 11.2 Å². The normalized spacial score (nSPS) is 15.2. The number of piperazine rings is 1. The Balaban J connectivity index is 1.59. The molecule has 1 aromatic carbocycles. The van der Waals surface area contributed by atoms with E-state index in [9.17, 15) is 0 Å². The minimum Gasteiger partial charge on any atom is -0.493 e. The number of aliphatic hydroxyl groups excluding tert-OH is 1.